The summed E-state index contributed by atoms with van der Waals surface area (Å²) in [5.41, 5.74) is 8.06. The third kappa shape index (κ3) is 3.76. The zero-order valence-corrected chi connectivity index (χ0v) is 10.3. The van der Waals surface area contributed by atoms with Crippen molar-refractivity contribution in [1.29, 1.82) is 0 Å². The second kappa shape index (κ2) is 5.42. The van der Waals surface area contributed by atoms with Crippen LogP contribution < -0.4 is 5.73 Å². The van der Waals surface area contributed by atoms with Crippen molar-refractivity contribution in [2.45, 2.75) is 25.8 Å². The minimum Gasteiger partial charge on any atom is -0.324 e. The zero-order chi connectivity index (χ0) is 11.4. The first-order chi connectivity index (χ1) is 7.00. The lowest BCUT2D eigenvalue weighted by Crippen LogP contribution is -2.11. The minimum absolute atomic E-state index is 0.0725. The second-order valence-electron chi connectivity index (χ2n) is 3.77. The molecule has 1 nitrogen and oxygen atoms in total. The smallest absolute Gasteiger partial charge is 0.124 e. The van der Waals surface area contributed by atoms with Crippen LogP contribution in [0.25, 0.3) is 0 Å². The van der Waals surface area contributed by atoms with Gasteiger partial charge in [-0.15, -0.1) is 6.58 Å². The van der Waals surface area contributed by atoms with Gasteiger partial charge < -0.3 is 5.73 Å². The Morgan fingerprint density at radius 2 is 2.27 bits per heavy atom. The van der Waals surface area contributed by atoms with Crippen molar-refractivity contribution in [1.82, 2.24) is 0 Å². The zero-order valence-electron chi connectivity index (χ0n) is 8.76. The highest BCUT2D eigenvalue weighted by Gasteiger charge is 2.10. The summed E-state index contributed by atoms with van der Waals surface area (Å²) in [6, 6.07) is 4.52. The van der Waals surface area contributed by atoms with E-state index in [0.29, 0.717) is 0 Å². The molecule has 0 amide bonds. The molecule has 0 aliphatic heterocycles. The first-order valence-electron chi connectivity index (χ1n) is 4.85. The van der Waals surface area contributed by atoms with Gasteiger partial charge in [-0.05, 0) is 37.5 Å². The molecule has 0 aliphatic rings. The third-order valence-electron chi connectivity index (χ3n) is 2.24. The molecule has 0 fully saturated rings. The number of hydrogen-bond acceptors (Lipinski definition) is 1. The maximum atomic E-state index is 12.8. The molecule has 0 spiro atoms. The molecule has 0 saturated carbocycles. The summed E-state index contributed by atoms with van der Waals surface area (Å²) >= 11 is 3.31. The van der Waals surface area contributed by atoms with E-state index in [0.717, 1.165) is 28.5 Å². The van der Waals surface area contributed by atoms with E-state index in [1.54, 1.807) is 6.07 Å². The van der Waals surface area contributed by atoms with E-state index in [1.165, 1.54) is 12.1 Å². The molecule has 1 aromatic carbocycles. The van der Waals surface area contributed by atoms with E-state index in [2.05, 4.69) is 22.5 Å². The van der Waals surface area contributed by atoms with Gasteiger partial charge in [-0.3, -0.25) is 0 Å². The SMILES string of the molecule is C=C(C)CCC(N)c1ccc(F)cc1Br. The van der Waals surface area contributed by atoms with Gasteiger partial charge >= 0.3 is 0 Å². The van der Waals surface area contributed by atoms with Crippen molar-refractivity contribution in [3.05, 3.63) is 46.2 Å². The molecule has 0 aromatic heterocycles. The van der Waals surface area contributed by atoms with Crippen LogP contribution in [0.2, 0.25) is 0 Å². The van der Waals surface area contributed by atoms with E-state index >= 15 is 0 Å². The first kappa shape index (κ1) is 12.4. The number of benzene rings is 1. The summed E-state index contributed by atoms with van der Waals surface area (Å²) in [7, 11) is 0. The van der Waals surface area contributed by atoms with E-state index in [9.17, 15) is 4.39 Å². The quantitative estimate of drug-likeness (QED) is 0.825. The molecule has 1 atom stereocenters. The Bertz CT molecular complexity index is 363. The topological polar surface area (TPSA) is 26.0 Å². The highest BCUT2D eigenvalue weighted by Crippen LogP contribution is 2.26. The number of rotatable bonds is 4. The van der Waals surface area contributed by atoms with E-state index in [4.69, 9.17) is 5.73 Å². The first-order valence-corrected chi connectivity index (χ1v) is 5.65. The summed E-state index contributed by atoms with van der Waals surface area (Å²) in [5.74, 6) is -0.252. The molecule has 1 rings (SSSR count). The van der Waals surface area contributed by atoms with Crippen molar-refractivity contribution in [3.8, 4) is 0 Å². The van der Waals surface area contributed by atoms with Crippen molar-refractivity contribution in [2.75, 3.05) is 0 Å². The second-order valence-corrected chi connectivity index (χ2v) is 4.62. The fraction of sp³-hybridized carbons (Fsp3) is 0.333. The van der Waals surface area contributed by atoms with Gasteiger partial charge in [0.15, 0.2) is 0 Å². The standard InChI is InChI=1S/C12H15BrFN/c1-8(2)3-6-12(15)10-5-4-9(14)7-11(10)13/h4-5,7,12H,1,3,6,15H2,2H3. The van der Waals surface area contributed by atoms with Crippen molar-refractivity contribution < 1.29 is 4.39 Å². The molecule has 0 radical (unpaired) electrons. The molecule has 3 heteroatoms. The average Bonchev–Trinajstić information content (AvgIpc) is 2.14. The van der Waals surface area contributed by atoms with Gasteiger partial charge in [0.05, 0.1) is 0 Å². The van der Waals surface area contributed by atoms with Crippen molar-refractivity contribution >= 4 is 15.9 Å². The molecular formula is C12H15BrFN. The summed E-state index contributed by atoms with van der Waals surface area (Å²) in [4.78, 5) is 0. The van der Waals surface area contributed by atoms with Gasteiger partial charge in [0, 0.05) is 10.5 Å². The Balaban J connectivity index is 2.73. The van der Waals surface area contributed by atoms with Crippen LogP contribution in [0, 0.1) is 5.82 Å². The predicted molar refractivity (Wildman–Crippen MR) is 65.1 cm³/mol. The predicted octanol–water partition coefficient (Wildman–Crippen LogP) is 3.94. The monoisotopic (exact) mass is 271 g/mol. The third-order valence-corrected chi connectivity index (χ3v) is 2.93. The van der Waals surface area contributed by atoms with Crippen LogP contribution in [0.4, 0.5) is 4.39 Å². The molecule has 1 aromatic rings. The Hall–Kier alpha value is -0.670. The molecular weight excluding hydrogens is 257 g/mol. The van der Waals surface area contributed by atoms with Crippen LogP contribution in [-0.4, -0.2) is 0 Å². The number of hydrogen-bond donors (Lipinski definition) is 1. The van der Waals surface area contributed by atoms with Crippen LogP contribution >= 0.6 is 15.9 Å². The lowest BCUT2D eigenvalue weighted by molar-refractivity contribution is 0.616. The lowest BCUT2D eigenvalue weighted by atomic mass is 10.0. The molecule has 15 heavy (non-hydrogen) atoms. The van der Waals surface area contributed by atoms with Crippen LogP contribution in [0.1, 0.15) is 31.4 Å². The Morgan fingerprint density at radius 3 is 2.80 bits per heavy atom. The summed E-state index contributed by atoms with van der Waals surface area (Å²) in [5, 5.41) is 0. The molecule has 0 heterocycles. The normalized spacial score (nSPS) is 12.5. The highest BCUT2D eigenvalue weighted by molar-refractivity contribution is 9.10. The summed E-state index contributed by atoms with van der Waals surface area (Å²) in [6.45, 7) is 5.81. The van der Waals surface area contributed by atoms with Gasteiger partial charge in [-0.25, -0.2) is 4.39 Å². The van der Waals surface area contributed by atoms with Crippen LogP contribution in [0.5, 0.6) is 0 Å². The molecule has 1 unspecified atom stereocenters. The maximum Gasteiger partial charge on any atom is 0.124 e. The Kier molecular flexibility index (Phi) is 4.48. The van der Waals surface area contributed by atoms with Gasteiger partial charge in [0.25, 0.3) is 0 Å². The number of halogens is 2. The average molecular weight is 272 g/mol. The summed E-state index contributed by atoms with van der Waals surface area (Å²) < 4.78 is 13.6. The van der Waals surface area contributed by atoms with Crippen LogP contribution in [-0.2, 0) is 0 Å². The molecule has 82 valence electrons. The lowest BCUT2D eigenvalue weighted by Gasteiger charge is -2.13. The molecule has 0 aliphatic carbocycles. The molecule has 0 bridgehead atoms. The van der Waals surface area contributed by atoms with E-state index < -0.39 is 0 Å². The van der Waals surface area contributed by atoms with Gasteiger partial charge in [-0.1, -0.05) is 27.6 Å². The molecule has 2 N–H and O–H groups in total. The molecule has 0 saturated heterocycles. The largest absolute Gasteiger partial charge is 0.324 e. The highest BCUT2D eigenvalue weighted by atomic mass is 79.9. The van der Waals surface area contributed by atoms with E-state index in [1.807, 2.05) is 6.92 Å². The fourth-order valence-electron chi connectivity index (χ4n) is 1.36. The van der Waals surface area contributed by atoms with Gasteiger partial charge in [0.2, 0.25) is 0 Å². The van der Waals surface area contributed by atoms with E-state index in [-0.39, 0.29) is 11.9 Å². The Labute approximate surface area is 98.3 Å². The maximum absolute atomic E-state index is 12.8. The fourth-order valence-corrected chi connectivity index (χ4v) is 2.00. The van der Waals surface area contributed by atoms with Crippen molar-refractivity contribution in [3.63, 3.8) is 0 Å². The van der Waals surface area contributed by atoms with Crippen LogP contribution in [0.3, 0.4) is 0 Å². The minimum atomic E-state index is -0.252. The van der Waals surface area contributed by atoms with Crippen molar-refractivity contribution in [2.24, 2.45) is 5.73 Å². The summed E-state index contributed by atoms with van der Waals surface area (Å²) in [6.07, 6.45) is 1.73. The number of nitrogens with two attached hydrogens (primary N) is 1. The van der Waals surface area contributed by atoms with Gasteiger partial charge in [-0.2, -0.15) is 0 Å². The van der Waals surface area contributed by atoms with Gasteiger partial charge in [0.1, 0.15) is 5.82 Å². The number of allylic oxidation sites excluding steroid dienone is 1. The Morgan fingerprint density at radius 1 is 1.60 bits per heavy atom. The van der Waals surface area contributed by atoms with Crippen LogP contribution in [0.15, 0.2) is 34.8 Å².